The number of methoxy groups -OCH3 is 1. The summed E-state index contributed by atoms with van der Waals surface area (Å²) in [6.07, 6.45) is 1.64. The molecule has 112 valence electrons. The van der Waals surface area contributed by atoms with Gasteiger partial charge in [-0.1, -0.05) is 6.07 Å². The largest absolute Gasteiger partial charge is 0.505 e. The molecule has 6 heteroatoms. The molecule has 21 heavy (non-hydrogen) atoms. The predicted molar refractivity (Wildman–Crippen MR) is 77.0 cm³/mol. The maximum atomic E-state index is 13.2. The molecular formula is C15H17FN2O3. The number of nitrogens with one attached hydrogen (secondary N) is 1. The molecule has 1 aromatic carbocycles. The molecule has 0 saturated carbocycles. The molecule has 0 saturated heterocycles. The number of aromatic hydroxyl groups is 1. The molecule has 2 rings (SSSR count). The molecule has 0 aliphatic carbocycles. The molecule has 0 aliphatic rings. The zero-order valence-electron chi connectivity index (χ0n) is 11.7. The molecule has 0 amide bonds. The standard InChI is InChI=1S/C15H17FN2O3/c1-20-6-7-21-15-5-3-12(10-18-15)17-9-11-2-4-14(19)13(16)8-11/h2-5,8,10,17,19H,6-7,9H2,1H3. The SMILES string of the molecule is COCCOc1ccc(NCc2ccc(O)c(F)c2)cn1. The van der Waals surface area contributed by atoms with Gasteiger partial charge in [-0.3, -0.25) is 0 Å². The van der Waals surface area contributed by atoms with Gasteiger partial charge >= 0.3 is 0 Å². The Kier molecular flexibility index (Phi) is 5.34. The minimum absolute atomic E-state index is 0.349. The van der Waals surface area contributed by atoms with Gasteiger partial charge in [-0.05, 0) is 23.8 Å². The van der Waals surface area contributed by atoms with Gasteiger partial charge in [0.2, 0.25) is 5.88 Å². The van der Waals surface area contributed by atoms with Gasteiger partial charge in [0.15, 0.2) is 11.6 Å². The smallest absolute Gasteiger partial charge is 0.213 e. The molecule has 1 aromatic heterocycles. The van der Waals surface area contributed by atoms with Crippen LogP contribution in [0.4, 0.5) is 10.1 Å². The van der Waals surface area contributed by atoms with Crippen LogP contribution >= 0.6 is 0 Å². The van der Waals surface area contributed by atoms with Crippen molar-refractivity contribution in [2.24, 2.45) is 0 Å². The second kappa shape index (κ2) is 7.44. The van der Waals surface area contributed by atoms with Crippen LogP contribution in [-0.4, -0.2) is 30.4 Å². The lowest BCUT2D eigenvalue weighted by molar-refractivity contribution is 0.144. The quantitative estimate of drug-likeness (QED) is 0.768. The highest BCUT2D eigenvalue weighted by Gasteiger charge is 2.02. The minimum atomic E-state index is -0.630. The maximum Gasteiger partial charge on any atom is 0.213 e. The molecule has 0 fully saturated rings. The van der Waals surface area contributed by atoms with E-state index in [2.05, 4.69) is 10.3 Å². The van der Waals surface area contributed by atoms with Crippen molar-refractivity contribution in [3.63, 3.8) is 0 Å². The molecule has 0 aliphatic heterocycles. The number of nitrogens with zero attached hydrogens (tertiary/aromatic N) is 1. The summed E-state index contributed by atoms with van der Waals surface area (Å²) in [5.41, 5.74) is 1.52. The molecule has 0 spiro atoms. The van der Waals surface area contributed by atoms with E-state index in [1.807, 2.05) is 6.07 Å². The van der Waals surface area contributed by atoms with Crippen LogP contribution in [0.2, 0.25) is 0 Å². The lowest BCUT2D eigenvalue weighted by atomic mass is 10.2. The average molecular weight is 292 g/mol. The van der Waals surface area contributed by atoms with Crippen molar-refractivity contribution in [1.82, 2.24) is 4.98 Å². The summed E-state index contributed by atoms with van der Waals surface area (Å²) < 4.78 is 23.4. The van der Waals surface area contributed by atoms with Crippen molar-refractivity contribution >= 4 is 5.69 Å². The van der Waals surface area contributed by atoms with Crippen LogP contribution in [-0.2, 0) is 11.3 Å². The minimum Gasteiger partial charge on any atom is -0.505 e. The Balaban J connectivity index is 1.86. The van der Waals surface area contributed by atoms with Crippen molar-refractivity contribution in [3.8, 4) is 11.6 Å². The van der Waals surface area contributed by atoms with E-state index in [-0.39, 0.29) is 5.75 Å². The molecule has 2 aromatic rings. The van der Waals surface area contributed by atoms with E-state index in [4.69, 9.17) is 14.6 Å². The molecule has 2 N–H and O–H groups in total. The van der Waals surface area contributed by atoms with Gasteiger partial charge in [0, 0.05) is 19.7 Å². The summed E-state index contributed by atoms with van der Waals surface area (Å²) in [5, 5.41) is 12.2. The zero-order valence-corrected chi connectivity index (χ0v) is 11.7. The van der Waals surface area contributed by atoms with Crippen LogP contribution in [0.15, 0.2) is 36.5 Å². The molecule has 1 heterocycles. The van der Waals surface area contributed by atoms with E-state index in [0.717, 1.165) is 11.3 Å². The Morgan fingerprint density at radius 3 is 2.76 bits per heavy atom. The van der Waals surface area contributed by atoms with Crippen molar-refractivity contribution in [2.45, 2.75) is 6.54 Å². The Labute approximate surface area is 122 Å². The highest BCUT2D eigenvalue weighted by molar-refractivity contribution is 5.43. The van der Waals surface area contributed by atoms with E-state index in [1.54, 1.807) is 25.4 Å². The summed E-state index contributed by atoms with van der Waals surface area (Å²) >= 11 is 0. The third-order valence-electron chi connectivity index (χ3n) is 2.78. The first-order valence-electron chi connectivity index (χ1n) is 6.48. The number of phenols is 1. The first kappa shape index (κ1) is 15.1. The topological polar surface area (TPSA) is 63.6 Å². The Morgan fingerprint density at radius 2 is 2.10 bits per heavy atom. The lowest BCUT2D eigenvalue weighted by Gasteiger charge is -2.08. The van der Waals surface area contributed by atoms with Crippen LogP contribution < -0.4 is 10.1 Å². The summed E-state index contributed by atoms with van der Waals surface area (Å²) in [6.45, 7) is 1.39. The van der Waals surface area contributed by atoms with Crippen LogP contribution in [0.1, 0.15) is 5.56 Å². The van der Waals surface area contributed by atoms with Gasteiger partial charge in [0.1, 0.15) is 6.61 Å². The molecule has 0 radical (unpaired) electrons. The Hall–Kier alpha value is -2.34. The molecule has 0 atom stereocenters. The normalized spacial score (nSPS) is 10.4. The second-order valence-corrected chi connectivity index (χ2v) is 4.37. The fourth-order valence-corrected chi connectivity index (χ4v) is 1.66. The summed E-state index contributed by atoms with van der Waals surface area (Å²) in [4.78, 5) is 4.14. The number of halogens is 1. The van der Waals surface area contributed by atoms with Crippen molar-refractivity contribution < 1.29 is 19.0 Å². The van der Waals surface area contributed by atoms with Gasteiger partial charge in [-0.2, -0.15) is 0 Å². The van der Waals surface area contributed by atoms with Crippen LogP contribution in [0.5, 0.6) is 11.6 Å². The first-order valence-corrected chi connectivity index (χ1v) is 6.48. The van der Waals surface area contributed by atoms with E-state index in [9.17, 15) is 4.39 Å². The number of pyridine rings is 1. The maximum absolute atomic E-state index is 13.2. The molecule has 5 nitrogen and oxygen atoms in total. The van der Waals surface area contributed by atoms with E-state index in [1.165, 1.54) is 12.1 Å². The number of aromatic nitrogens is 1. The van der Waals surface area contributed by atoms with E-state index in [0.29, 0.717) is 25.6 Å². The highest BCUT2D eigenvalue weighted by Crippen LogP contribution is 2.17. The van der Waals surface area contributed by atoms with Crippen LogP contribution in [0.3, 0.4) is 0 Å². The van der Waals surface area contributed by atoms with Gasteiger partial charge in [0.05, 0.1) is 18.5 Å². The molecule has 0 unspecified atom stereocenters. The Bertz CT molecular complexity index is 576. The van der Waals surface area contributed by atoms with Crippen molar-refractivity contribution in [1.29, 1.82) is 0 Å². The summed E-state index contributed by atoms with van der Waals surface area (Å²) in [7, 11) is 1.61. The number of anilines is 1. The lowest BCUT2D eigenvalue weighted by Crippen LogP contribution is -2.05. The third-order valence-corrected chi connectivity index (χ3v) is 2.78. The van der Waals surface area contributed by atoms with Gasteiger partial charge < -0.3 is 19.9 Å². The monoisotopic (exact) mass is 292 g/mol. The number of hydrogen-bond donors (Lipinski definition) is 2. The number of ether oxygens (including phenoxy) is 2. The predicted octanol–water partition coefficient (Wildman–Crippen LogP) is 2.56. The fraction of sp³-hybridized carbons (Fsp3) is 0.267. The van der Waals surface area contributed by atoms with Crippen LogP contribution in [0.25, 0.3) is 0 Å². The number of benzene rings is 1. The molecular weight excluding hydrogens is 275 g/mol. The van der Waals surface area contributed by atoms with E-state index < -0.39 is 5.82 Å². The number of phenolic OH excluding ortho intramolecular Hbond substituents is 1. The number of rotatable bonds is 7. The van der Waals surface area contributed by atoms with Gasteiger partial charge in [-0.15, -0.1) is 0 Å². The highest BCUT2D eigenvalue weighted by atomic mass is 19.1. The van der Waals surface area contributed by atoms with Gasteiger partial charge in [0.25, 0.3) is 0 Å². The average Bonchev–Trinajstić information content (AvgIpc) is 2.50. The fourth-order valence-electron chi connectivity index (χ4n) is 1.66. The summed E-state index contributed by atoms with van der Waals surface area (Å²) in [5.74, 6) is -0.458. The summed E-state index contributed by atoms with van der Waals surface area (Å²) in [6, 6.07) is 7.84. The zero-order chi connectivity index (χ0) is 15.1. The first-order chi connectivity index (χ1) is 10.2. The third kappa shape index (κ3) is 4.61. The van der Waals surface area contributed by atoms with E-state index >= 15 is 0 Å². The van der Waals surface area contributed by atoms with Crippen LogP contribution in [0, 0.1) is 5.82 Å². The molecule has 0 bridgehead atoms. The van der Waals surface area contributed by atoms with Gasteiger partial charge in [-0.25, -0.2) is 9.37 Å². The number of hydrogen-bond acceptors (Lipinski definition) is 5. The van der Waals surface area contributed by atoms with Crippen molar-refractivity contribution in [3.05, 3.63) is 47.9 Å². The van der Waals surface area contributed by atoms with Crippen molar-refractivity contribution in [2.75, 3.05) is 25.6 Å². The Morgan fingerprint density at radius 1 is 1.24 bits per heavy atom. The second-order valence-electron chi connectivity index (χ2n) is 4.37.